The van der Waals surface area contributed by atoms with E-state index in [9.17, 15) is 8.42 Å². The number of aromatic nitrogens is 2. The molecule has 1 aromatic heterocycles. The maximum Gasteiger partial charge on any atom is 0.243 e. The van der Waals surface area contributed by atoms with Gasteiger partial charge >= 0.3 is 0 Å². The van der Waals surface area contributed by atoms with Gasteiger partial charge in [0.1, 0.15) is 5.82 Å². The molecule has 1 N–H and O–H groups in total. The molecule has 8 nitrogen and oxygen atoms in total. The van der Waals surface area contributed by atoms with Gasteiger partial charge in [-0.3, -0.25) is 4.90 Å². The molecule has 2 aromatic rings. The number of nitrogens with one attached hydrogen (secondary N) is 1. The second-order valence-corrected chi connectivity index (χ2v) is 12.2. The molecule has 10 heteroatoms. The Bertz CT molecular complexity index is 1080. The van der Waals surface area contributed by atoms with Gasteiger partial charge in [0.2, 0.25) is 16.0 Å². The van der Waals surface area contributed by atoms with Crippen molar-refractivity contribution in [3.8, 4) is 0 Å². The molecular weight excluding hydrogens is 484 g/mol. The van der Waals surface area contributed by atoms with E-state index in [1.807, 2.05) is 12.3 Å². The van der Waals surface area contributed by atoms with Crippen LogP contribution in [0.3, 0.4) is 0 Å². The standard InChI is InChI=1S/C25H35ClN6O2S/c26-20-5-7-23(8-6-20)35(33,34)32-17-11-22(12-18-32)31-16-10-21(19-31)28-25-27-13-9-24(29-25)30-14-3-1-2-4-15-30/h5-9,13,21-22H,1-4,10-12,14-19H2,(H,27,28,29). The number of piperidine rings is 1. The first kappa shape index (κ1) is 24.7. The lowest BCUT2D eigenvalue weighted by Gasteiger charge is -2.36. The highest BCUT2D eigenvalue weighted by Crippen LogP contribution is 2.27. The quantitative estimate of drug-likeness (QED) is 0.622. The lowest BCUT2D eigenvalue weighted by Crippen LogP contribution is -2.46. The van der Waals surface area contributed by atoms with E-state index in [-0.39, 0.29) is 0 Å². The van der Waals surface area contributed by atoms with E-state index >= 15 is 0 Å². The summed E-state index contributed by atoms with van der Waals surface area (Å²) in [5, 5.41) is 4.10. The Morgan fingerprint density at radius 2 is 1.60 bits per heavy atom. The van der Waals surface area contributed by atoms with Crippen molar-refractivity contribution in [2.24, 2.45) is 0 Å². The largest absolute Gasteiger partial charge is 0.356 e. The summed E-state index contributed by atoms with van der Waals surface area (Å²) in [5.74, 6) is 1.73. The zero-order valence-electron chi connectivity index (χ0n) is 20.1. The average Bonchev–Trinajstić information content (AvgIpc) is 3.16. The van der Waals surface area contributed by atoms with Gasteiger partial charge < -0.3 is 10.2 Å². The molecule has 1 atom stereocenters. The molecule has 1 aromatic carbocycles. The molecule has 0 aliphatic carbocycles. The summed E-state index contributed by atoms with van der Waals surface area (Å²) in [6.07, 6.45) is 9.65. The van der Waals surface area contributed by atoms with Gasteiger partial charge in [0, 0.05) is 62.6 Å². The molecule has 5 rings (SSSR count). The number of hydrogen-bond acceptors (Lipinski definition) is 7. The second-order valence-electron chi connectivity index (χ2n) is 9.85. The van der Waals surface area contributed by atoms with Crippen molar-refractivity contribution in [3.05, 3.63) is 41.6 Å². The summed E-state index contributed by atoms with van der Waals surface area (Å²) in [6, 6.07) is 9.17. The fourth-order valence-electron chi connectivity index (χ4n) is 5.52. The molecule has 0 spiro atoms. The van der Waals surface area contributed by atoms with E-state index in [1.165, 1.54) is 25.7 Å². The minimum absolute atomic E-state index is 0.310. The first-order valence-corrected chi connectivity index (χ1v) is 14.7. The first-order chi connectivity index (χ1) is 17.0. The van der Waals surface area contributed by atoms with Crippen molar-refractivity contribution in [3.63, 3.8) is 0 Å². The minimum atomic E-state index is -3.47. The number of hydrogen-bond donors (Lipinski definition) is 1. The third kappa shape index (κ3) is 5.90. The molecule has 0 amide bonds. The van der Waals surface area contributed by atoms with Gasteiger partial charge in [0.25, 0.3) is 0 Å². The van der Waals surface area contributed by atoms with E-state index < -0.39 is 10.0 Å². The number of nitrogens with zero attached hydrogens (tertiary/aromatic N) is 5. The number of halogens is 1. The normalized spacial score (nSPS) is 23.3. The molecule has 0 radical (unpaired) electrons. The maximum absolute atomic E-state index is 13.0. The van der Waals surface area contributed by atoms with E-state index in [4.69, 9.17) is 16.6 Å². The molecule has 3 aliphatic rings. The molecule has 0 bridgehead atoms. The van der Waals surface area contributed by atoms with E-state index in [1.54, 1.807) is 28.6 Å². The number of rotatable bonds is 6. The molecule has 190 valence electrons. The Kier molecular flexibility index (Phi) is 7.77. The van der Waals surface area contributed by atoms with Crippen molar-refractivity contribution >= 4 is 33.4 Å². The summed E-state index contributed by atoms with van der Waals surface area (Å²) < 4.78 is 27.6. The highest BCUT2D eigenvalue weighted by Gasteiger charge is 2.34. The van der Waals surface area contributed by atoms with E-state index in [0.29, 0.717) is 41.0 Å². The van der Waals surface area contributed by atoms with Gasteiger partial charge in [-0.1, -0.05) is 24.4 Å². The summed E-state index contributed by atoms with van der Waals surface area (Å²) in [6.45, 7) is 5.18. The number of sulfonamides is 1. The summed E-state index contributed by atoms with van der Waals surface area (Å²) in [5.41, 5.74) is 0. The smallest absolute Gasteiger partial charge is 0.243 e. The monoisotopic (exact) mass is 518 g/mol. The molecule has 0 saturated carbocycles. The van der Waals surface area contributed by atoms with E-state index in [0.717, 1.165) is 51.3 Å². The predicted molar refractivity (Wildman–Crippen MR) is 140 cm³/mol. The molecule has 3 fully saturated rings. The van der Waals surface area contributed by atoms with Gasteiger partial charge in [0.15, 0.2) is 0 Å². The number of benzene rings is 1. The van der Waals surface area contributed by atoms with Crippen LogP contribution in [0, 0.1) is 0 Å². The lowest BCUT2D eigenvalue weighted by atomic mass is 10.1. The summed E-state index contributed by atoms with van der Waals surface area (Å²) in [7, 11) is -3.47. The van der Waals surface area contributed by atoms with Crippen LogP contribution in [0.2, 0.25) is 5.02 Å². The fraction of sp³-hybridized carbons (Fsp3) is 0.600. The average molecular weight is 519 g/mol. The summed E-state index contributed by atoms with van der Waals surface area (Å²) >= 11 is 5.92. The molecule has 4 heterocycles. The highest BCUT2D eigenvalue weighted by molar-refractivity contribution is 7.89. The SMILES string of the molecule is O=S(=O)(c1ccc(Cl)cc1)N1CCC(N2CCC(Nc3nccc(N4CCCCCC4)n3)C2)CC1. The van der Waals surface area contributed by atoms with Gasteiger partial charge in [-0.2, -0.15) is 9.29 Å². The van der Waals surface area contributed by atoms with Gasteiger partial charge in [-0.05, 0) is 62.4 Å². The van der Waals surface area contributed by atoms with Gasteiger partial charge in [0.05, 0.1) is 4.90 Å². The highest BCUT2D eigenvalue weighted by atomic mass is 35.5. The van der Waals surface area contributed by atoms with Crippen LogP contribution in [0.1, 0.15) is 44.9 Å². The van der Waals surface area contributed by atoms with Crippen LogP contribution in [0.15, 0.2) is 41.4 Å². The second kappa shape index (κ2) is 11.0. The molecule has 3 aliphatic heterocycles. The fourth-order valence-corrected chi connectivity index (χ4v) is 7.11. The van der Waals surface area contributed by atoms with Crippen molar-refractivity contribution in [2.75, 3.05) is 49.5 Å². The van der Waals surface area contributed by atoms with Crippen molar-refractivity contribution in [2.45, 2.75) is 61.9 Å². The number of anilines is 2. The van der Waals surface area contributed by atoms with Crippen molar-refractivity contribution < 1.29 is 8.42 Å². The maximum atomic E-state index is 13.0. The zero-order chi connectivity index (χ0) is 24.3. The Morgan fingerprint density at radius 3 is 2.31 bits per heavy atom. The molecular formula is C25H35ClN6O2S. The van der Waals surface area contributed by atoms with Gasteiger partial charge in [-0.25, -0.2) is 13.4 Å². The van der Waals surface area contributed by atoms with Crippen LogP contribution in [0.5, 0.6) is 0 Å². The molecule has 3 saturated heterocycles. The van der Waals surface area contributed by atoms with Crippen LogP contribution in [-0.4, -0.2) is 78.9 Å². The molecule has 1 unspecified atom stereocenters. The van der Waals surface area contributed by atoms with Crippen LogP contribution in [0.25, 0.3) is 0 Å². The minimum Gasteiger partial charge on any atom is -0.356 e. The van der Waals surface area contributed by atoms with Crippen LogP contribution < -0.4 is 10.2 Å². The molecule has 35 heavy (non-hydrogen) atoms. The van der Waals surface area contributed by atoms with Gasteiger partial charge in [-0.15, -0.1) is 0 Å². The Balaban J connectivity index is 1.13. The Labute approximate surface area is 213 Å². The predicted octanol–water partition coefficient (Wildman–Crippen LogP) is 3.85. The Hall–Kier alpha value is -1.94. The summed E-state index contributed by atoms with van der Waals surface area (Å²) in [4.78, 5) is 14.5. The van der Waals surface area contributed by atoms with Crippen LogP contribution >= 0.6 is 11.6 Å². The first-order valence-electron chi connectivity index (χ1n) is 12.8. The van der Waals surface area contributed by atoms with E-state index in [2.05, 4.69) is 20.1 Å². The Morgan fingerprint density at radius 1 is 0.886 bits per heavy atom. The third-order valence-electron chi connectivity index (χ3n) is 7.52. The zero-order valence-corrected chi connectivity index (χ0v) is 21.7. The van der Waals surface area contributed by atoms with Crippen LogP contribution in [-0.2, 0) is 10.0 Å². The van der Waals surface area contributed by atoms with Crippen molar-refractivity contribution in [1.29, 1.82) is 0 Å². The van der Waals surface area contributed by atoms with Crippen LogP contribution in [0.4, 0.5) is 11.8 Å². The topological polar surface area (TPSA) is 81.7 Å². The van der Waals surface area contributed by atoms with Crippen molar-refractivity contribution in [1.82, 2.24) is 19.2 Å². The number of likely N-dealkylation sites (tertiary alicyclic amines) is 1. The lowest BCUT2D eigenvalue weighted by molar-refractivity contribution is 0.167. The third-order valence-corrected chi connectivity index (χ3v) is 9.68.